The molecule has 4 rings (SSSR count). The largest absolute Gasteiger partial charge is 0.459 e. The van der Waals surface area contributed by atoms with Crippen LogP contribution < -0.4 is 0 Å². The molecule has 50 heavy (non-hydrogen) atoms. The Bertz CT molecular complexity index is 1860. The Morgan fingerprint density at radius 3 is 1.34 bits per heavy atom. The normalized spacial score (nSPS) is 13.0. The van der Waals surface area contributed by atoms with Gasteiger partial charge in [0.15, 0.2) is 5.78 Å². The summed E-state index contributed by atoms with van der Waals surface area (Å²) in [4.78, 5) is 63.9. The highest BCUT2D eigenvalue weighted by Gasteiger charge is 2.51. The number of benzene rings is 4. The second-order valence-electron chi connectivity index (χ2n) is 11.9. The Morgan fingerprint density at radius 2 is 0.980 bits per heavy atom. The summed E-state index contributed by atoms with van der Waals surface area (Å²) in [6, 6.07) is 17.7. The van der Waals surface area contributed by atoms with Crippen LogP contribution in [0.4, 0.5) is 22.0 Å². The Labute approximate surface area is 283 Å². The maximum Gasteiger partial charge on any atom is 0.399 e. The van der Waals surface area contributed by atoms with Gasteiger partial charge in [-0.2, -0.15) is 17.6 Å². The second-order valence-corrected chi connectivity index (χ2v) is 15.2. The van der Waals surface area contributed by atoms with E-state index in [1.165, 1.54) is 36.4 Å². The first kappa shape index (κ1) is 38.8. The van der Waals surface area contributed by atoms with Crippen molar-refractivity contribution in [3.05, 3.63) is 142 Å². The maximum atomic E-state index is 14.6. The molecule has 0 unspecified atom stereocenters. The molecule has 0 amide bonds. The number of alkyl halides is 4. The molecule has 0 saturated carbocycles. The lowest BCUT2D eigenvalue weighted by molar-refractivity contribution is 0.0377. The molecule has 0 heterocycles. The number of ketones is 1. The smallest absolute Gasteiger partial charge is 0.399 e. The van der Waals surface area contributed by atoms with Crippen LogP contribution in [0.5, 0.6) is 0 Å². The second kappa shape index (κ2) is 14.3. The molecule has 0 saturated heterocycles. The molecule has 0 fully saturated rings. The first-order chi connectivity index (χ1) is 23.1. The van der Waals surface area contributed by atoms with Gasteiger partial charge in [-0.15, -0.1) is 0 Å². The summed E-state index contributed by atoms with van der Waals surface area (Å²) < 4.78 is 99.9. The molecule has 0 aliphatic carbocycles. The van der Waals surface area contributed by atoms with E-state index < -0.39 is 66.7 Å². The number of halogens is 5. The van der Waals surface area contributed by atoms with Gasteiger partial charge < -0.3 is 24.3 Å². The summed E-state index contributed by atoms with van der Waals surface area (Å²) in [6.45, 7) is 3.28. The number of ether oxygens (including phenoxy) is 1. The minimum Gasteiger partial charge on any atom is -0.459 e. The summed E-state index contributed by atoms with van der Waals surface area (Å²) in [5, 5.41) is 0. The highest BCUT2D eigenvalue weighted by molar-refractivity contribution is 7.52. The molecule has 0 aromatic heterocycles. The molecule has 9 nitrogen and oxygen atoms in total. The summed E-state index contributed by atoms with van der Waals surface area (Å²) in [5.74, 6) is -1.99. The third-order valence-corrected chi connectivity index (χ3v) is 9.88. The molecule has 0 aliphatic heterocycles. The van der Waals surface area contributed by atoms with Crippen molar-refractivity contribution in [2.24, 2.45) is 0 Å². The van der Waals surface area contributed by atoms with Crippen LogP contribution >= 0.6 is 15.2 Å². The van der Waals surface area contributed by atoms with E-state index in [0.29, 0.717) is 0 Å². The van der Waals surface area contributed by atoms with Crippen LogP contribution in [0.3, 0.4) is 0 Å². The van der Waals surface area contributed by atoms with E-state index >= 15 is 0 Å². The lowest BCUT2D eigenvalue weighted by Gasteiger charge is -2.34. The lowest BCUT2D eigenvalue weighted by atomic mass is 9.67. The third kappa shape index (κ3) is 8.12. The van der Waals surface area contributed by atoms with Crippen LogP contribution in [0.15, 0.2) is 97.1 Å². The van der Waals surface area contributed by atoms with Crippen LogP contribution in [0.2, 0.25) is 0 Å². The van der Waals surface area contributed by atoms with Crippen molar-refractivity contribution in [2.75, 3.05) is 0 Å². The zero-order chi connectivity index (χ0) is 37.3. The molecule has 0 aliphatic rings. The van der Waals surface area contributed by atoms with E-state index in [1.54, 1.807) is 13.8 Å². The monoisotopic (exact) mass is 740 g/mol. The number of esters is 1. The average molecular weight is 741 g/mol. The fraction of sp³-hybridized carbons (Fsp3) is 0.235. The highest BCUT2D eigenvalue weighted by atomic mass is 31.2. The Hall–Kier alpha value is -4.03. The van der Waals surface area contributed by atoms with Gasteiger partial charge in [-0.25, -0.2) is 9.18 Å². The molecule has 0 bridgehead atoms. The third-order valence-electron chi connectivity index (χ3n) is 7.90. The van der Waals surface area contributed by atoms with Crippen molar-refractivity contribution in [3.63, 3.8) is 0 Å². The molecule has 4 aromatic carbocycles. The number of Topliss-reactive ketones (excluding diaryl/α,β-unsaturated/α-hetero) is 1. The van der Waals surface area contributed by atoms with Crippen molar-refractivity contribution in [3.8, 4) is 0 Å². The standard InChI is InChI=1S/C34H31F5O9P2/c1-21(2)48-31(41)25-7-15-26(16-8-25)32(30(40)24-9-17-29(35)18-10-24,19-22-3-11-27(12-4-22)33(36,37)49(42,43)44)20-23-5-13-28(14-6-23)34(38,39)50(45,46)47/h3-18,21H,19-20H2,1-2H3,(H2,42,43,44)(H2,45,46,47). The first-order valence-corrected chi connectivity index (χ1v) is 18.0. The van der Waals surface area contributed by atoms with Gasteiger partial charge in [0.2, 0.25) is 0 Å². The predicted octanol–water partition coefficient (Wildman–Crippen LogP) is 7.45. The first-order valence-electron chi connectivity index (χ1n) is 14.8. The van der Waals surface area contributed by atoms with E-state index in [1.807, 2.05) is 0 Å². The summed E-state index contributed by atoms with van der Waals surface area (Å²) in [7, 11) is -11.8. The van der Waals surface area contributed by atoms with Gasteiger partial charge in [-0.1, -0.05) is 60.7 Å². The van der Waals surface area contributed by atoms with E-state index in [0.717, 1.165) is 60.7 Å². The molecule has 16 heteroatoms. The van der Waals surface area contributed by atoms with Gasteiger partial charge in [0.05, 0.1) is 17.1 Å². The molecule has 4 aromatic rings. The highest BCUT2D eigenvalue weighted by Crippen LogP contribution is 2.60. The molecule has 0 spiro atoms. The van der Waals surface area contributed by atoms with Gasteiger partial charge in [0.25, 0.3) is 0 Å². The topological polar surface area (TPSA) is 158 Å². The predicted molar refractivity (Wildman–Crippen MR) is 172 cm³/mol. The van der Waals surface area contributed by atoms with Crippen LogP contribution in [0.25, 0.3) is 0 Å². The van der Waals surface area contributed by atoms with Gasteiger partial charge in [-0.05, 0) is 79.8 Å². The summed E-state index contributed by atoms with van der Waals surface area (Å²) >= 11 is 0. The number of carbonyl (C=O) groups excluding carboxylic acids is 2. The van der Waals surface area contributed by atoms with E-state index in [-0.39, 0.29) is 40.7 Å². The average Bonchev–Trinajstić information content (AvgIpc) is 3.03. The molecule has 0 atom stereocenters. The molecule has 0 radical (unpaired) electrons. The molecular weight excluding hydrogens is 709 g/mol. The fourth-order valence-corrected chi connectivity index (χ4v) is 6.29. The minimum atomic E-state index is -5.91. The van der Waals surface area contributed by atoms with Crippen LogP contribution in [-0.2, 0) is 43.5 Å². The molecule has 4 N–H and O–H groups in total. The van der Waals surface area contributed by atoms with E-state index in [4.69, 9.17) is 4.74 Å². The van der Waals surface area contributed by atoms with E-state index in [2.05, 4.69) is 0 Å². The Kier molecular flexibility index (Phi) is 11.1. The zero-order valence-electron chi connectivity index (χ0n) is 26.3. The van der Waals surface area contributed by atoms with Crippen molar-refractivity contribution in [1.82, 2.24) is 0 Å². The Balaban J connectivity index is 1.92. The van der Waals surface area contributed by atoms with E-state index in [9.17, 15) is 60.2 Å². The van der Waals surface area contributed by atoms with Gasteiger partial charge in [-0.3, -0.25) is 13.9 Å². The van der Waals surface area contributed by atoms with Gasteiger partial charge >= 0.3 is 32.5 Å². The van der Waals surface area contributed by atoms with Crippen molar-refractivity contribution < 1.29 is 65.0 Å². The summed E-state index contributed by atoms with van der Waals surface area (Å²) in [6.07, 6.45) is -1.06. The fourth-order valence-electron chi connectivity index (χ4n) is 5.32. The van der Waals surface area contributed by atoms with Crippen LogP contribution in [0.1, 0.15) is 62.4 Å². The van der Waals surface area contributed by atoms with Crippen molar-refractivity contribution >= 4 is 26.9 Å². The number of hydrogen-bond acceptors (Lipinski definition) is 5. The SMILES string of the molecule is CC(C)OC(=O)c1ccc(C(Cc2ccc(C(F)(F)P(=O)(O)O)cc2)(Cc2ccc(C(F)(F)P(=O)(O)O)cc2)C(=O)c2ccc(F)cc2)cc1. The Morgan fingerprint density at radius 1 is 0.620 bits per heavy atom. The van der Waals surface area contributed by atoms with Crippen molar-refractivity contribution in [1.29, 1.82) is 0 Å². The number of hydrogen-bond donors (Lipinski definition) is 4. The van der Waals surface area contributed by atoms with Crippen LogP contribution in [0, 0.1) is 5.82 Å². The quantitative estimate of drug-likeness (QED) is 0.0473. The van der Waals surface area contributed by atoms with Gasteiger partial charge in [0.1, 0.15) is 5.82 Å². The minimum absolute atomic E-state index is 0.0102. The lowest BCUT2D eigenvalue weighted by Crippen LogP contribution is -2.41. The van der Waals surface area contributed by atoms with Crippen LogP contribution in [-0.4, -0.2) is 37.4 Å². The zero-order valence-corrected chi connectivity index (χ0v) is 28.1. The number of carbonyl (C=O) groups is 2. The number of rotatable bonds is 13. The maximum absolute atomic E-state index is 14.6. The molecular formula is C34H31F5O9P2. The summed E-state index contributed by atoms with van der Waals surface area (Å²) in [5.41, 5.74) is -12.0. The van der Waals surface area contributed by atoms with Gasteiger partial charge in [0, 0.05) is 16.7 Å². The molecule has 266 valence electrons. The van der Waals surface area contributed by atoms with Crippen molar-refractivity contribution in [2.45, 2.75) is 49.5 Å².